The molecule has 1 amide bonds. The number of amides is 1. The average Bonchev–Trinajstić information content (AvgIpc) is 2.82. The van der Waals surface area contributed by atoms with Gasteiger partial charge in [-0.2, -0.15) is 0 Å². The number of methoxy groups -OCH3 is 1. The van der Waals surface area contributed by atoms with Crippen molar-refractivity contribution >= 4 is 28.3 Å². The molecule has 0 atom stereocenters. The number of ether oxygens (including phenoxy) is 1. The molecule has 2 heterocycles. The van der Waals surface area contributed by atoms with Gasteiger partial charge in [0.15, 0.2) is 5.82 Å². The Balaban J connectivity index is 1.54. The predicted molar refractivity (Wildman–Crippen MR) is 124 cm³/mol. The molecule has 0 spiro atoms. The van der Waals surface area contributed by atoms with Crippen LogP contribution in [-0.4, -0.2) is 49.2 Å². The molecule has 3 aromatic rings. The van der Waals surface area contributed by atoms with Gasteiger partial charge in [0.2, 0.25) is 5.91 Å². The fraction of sp³-hybridized carbons (Fsp3) is 0.375. The number of hydrogen-bond acceptors (Lipinski definition) is 6. The van der Waals surface area contributed by atoms with Gasteiger partial charge in [-0.1, -0.05) is 31.2 Å². The minimum atomic E-state index is 0.0335. The van der Waals surface area contributed by atoms with E-state index in [1.165, 1.54) is 0 Å². The number of benzene rings is 2. The number of rotatable bonds is 7. The van der Waals surface area contributed by atoms with Crippen LogP contribution in [0, 0.1) is 0 Å². The third-order valence-corrected chi connectivity index (χ3v) is 5.56. The maximum atomic E-state index is 11.9. The molecule has 1 aromatic heterocycles. The number of piperazine rings is 1. The zero-order valence-corrected chi connectivity index (χ0v) is 18.2. The third kappa shape index (κ3) is 4.71. The summed E-state index contributed by atoms with van der Waals surface area (Å²) >= 11 is 0. The fourth-order valence-corrected chi connectivity index (χ4v) is 3.97. The van der Waals surface area contributed by atoms with Crippen molar-refractivity contribution in [3.8, 4) is 5.75 Å². The van der Waals surface area contributed by atoms with Gasteiger partial charge in [-0.05, 0) is 30.7 Å². The van der Waals surface area contributed by atoms with Gasteiger partial charge in [0, 0.05) is 38.0 Å². The maximum absolute atomic E-state index is 11.9. The Morgan fingerprint density at radius 3 is 2.48 bits per heavy atom. The molecule has 0 unspecified atom stereocenters. The minimum absolute atomic E-state index is 0.0335. The lowest BCUT2D eigenvalue weighted by molar-refractivity contribution is -0.121. The Labute approximate surface area is 183 Å². The maximum Gasteiger partial charge on any atom is 0.220 e. The van der Waals surface area contributed by atoms with Crippen molar-refractivity contribution < 1.29 is 9.53 Å². The van der Waals surface area contributed by atoms with Crippen molar-refractivity contribution in [1.82, 2.24) is 15.3 Å². The molecular weight excluding hydrogens is 390 g/mol. The van der Waals surface area contributed by atoms with Crippen LogP contribution in [0.15, 0.2) is 48.5 Å². The molecule has 162 valence electrons. The molecule has 1 aliphatic rings. The minimum Gasteiger partial charge on any atom is -0.495 e. The number of hydrogen-bond donors (Lipinski definition) is 1. The summed E-state index contributed by atoms with van der Waals surface area (Å²) in [6.07, 6.45) is 1.34. The highest BCUT2D eigenvalue weighted by molar-refractivity contribution is 5.89. The number of carbonyl (C=O) groups is 1. The van der Waals surface area contributed by atoms with Crippen molar-refractivity contribution in [3.63, 3.8) is 0 Å². The highest BCUT2D eigenvalue weighted by Crippen LogP contribution is 2.30. The Morgan fingerprint density at radius 2 is 1.71 bits per heavy atom. The highest BCUT2D eigenvalue weighted by atomic mass is 16.5. The predicted octanol–water partition coefficient (Wildman–Crippen LogP) is 3.38. The summed E-state index contributed by atoms with van der Waals surface area (Å²) in [4.78, 5) is 26.1. The Morgan fingerprint density at radius 1 is 1.00 bits per heavy atom. The van der Waals surface area contributed by atoms with Crippen LogP contribution < -0.4 is 19.9 Å². The lowest BCUT2D eigenvalue weighted by atomic mass is 10.2. The van der Waals surface area contributed by atoms with Gasteiger partial charge in [-0.25, -0.2) is 9.97 Å². The van der Waals surface area contributed by atoms with Crippen molar-refractivity contribution in [2.45, 2.75) is 26.3 Å². The number of para-hydroxylation sites is 3. The molecule has 0 aliphatic carbocycles. The van der Waals surface area contributed by atoms with Crippen molar-refractivity contribution in [2.75, 3.05) is 43.1 Å². The molecule has 1 saturated heterocycles. The van der Waals surface area contributed by atoms with Crippen LogP contribution in [0.3, 0.4) is 0 Å². The van der Waals surface area contributed by atoms with Crippen LogP contribution in [0.25, 0.3) is 10.9 Å². The van der Waals surface area contributed by atoms with E-state index in [1.54, 1.807) is 7.11 Å². The van der Waals surface area contributed by atoms with Crippen LogP contribution in [0.5, 0.6) is 5.75 Å². The quantitative estimate of drug-likeness (QED) is 0.633. The summed E-state index contributed by atoms with van der Waals surface area (Å²) < 4.78 is 5.54. The van der Waals surface area contributed by atoms with Crippen molar-refractivity contribution in [1.29, 1.82) is 0 Å². The van der Waals surface area contributed by atoms with Crippen LogP contribution in [0.4, 0.5) is 11.5 Å². The molecule has 1 N–H and O–H groups in total. The Hall–Kier alpha value is -3.35. The first-order chi connectivity index (χ1) is 15.2. The van der Waals surface area contributed by atoms with E-state index in [0.29, 0.717) is 18.8 Å². The summed E-state index contributed by atoms with van der Waals surface area (Å²) in [5.74, 6) is 2.51. The van der Waals surface area contributed by atoms with E-state index in [9.17, 15) is 4.79 Å². The van der Waals surface area contributed by atoms with E-state index < -0.39 is 0 Å². The monoisotopic (exact) mass is 419 g/mol. The van der Waals surface area contributed by atoms with Gasteiger partial charge in [0.1, 0.15) is 11.6 Å². The molecule has 0 saturated carbocycles. The zero-order valence-electron chi connectivity index (χ0n) is 18.2. The van der Waals surface area contributed by atoms with E-state index in [4.69, 9.17) is 9.72 Å². The first kappa shape index (κ1) is 20.9. The largest absolute Gasteiger partial charge is 0.495 e. The molecule has 2 aromatic carbocycles. The van der Waals surface area contributed by atoms with Crippen molar-refractivity contribution in [3.05, 3.63) is 54.4 Å². The molecule has 1 aliphatic heterocycles. The van der Waals surface area contributed by atoms with Crippen LogP contribution in [0.2, 0.25) is 0 Å². The molecule has 1 fully saturated rings. The smallest absolute Gasteiger partial charge is 0.220 e. The van der Waals surface area contributed by atoms with Gasteiger partial charge in [-0.15, -0.1) is 0 Å². The Kier molecular flexibility index (Phi) is 6.50. The number of fused-ring (bicyclic) bond motifs is 1. The van der Waals surface area contributed by atoms with Crippen molar-refractivity contribution in [2.24, 2.45) is 0 Å². The third-order valence-electron chi connectivity index (χ3n) is 5.56. The summed E-state index contributed by atoms with van der Waals surface area (Å²) in [5.41, 5.74) is 2.02. The molecule has 7 heteroatoms. The lowest BCUT2D eigenvalue weighted by Gasteiger charge is -2.37. The number of aromatic nitrogens is 2. The summed E-state index contributed by atoms with van der Waals surface area (Å²) in [6.45, 7) is 5.79. The molecule has 0 radical (unpaired) electrons. The van der Waals surface area contributed by atoms with E-state index in [1.807, 2.05) is 43.3 Å². The number of carbonyl (C=O) groups excluding carboxylic acids is 1. The highest BCUT2D eigenvalue weighted by Gasteiger charge is 2.22. The molecule has 4 rings (SSSR count). The van der Waals surface area contributed by atoms with Gasteiger partial charge in [0.25, 0.3) is 0 Å². The topological polar surface area (TPSA) is 70.6 Å². The molecule has 31 heavy (non-hydrogen) atoms. The normalized spacial score (nSPS) is 14.0. The number of nitrogens with one attached hydrogen (secondary N) is 1. The second-order valence-electron chi connectivity index (χ2n) is 7.65. The van der Waals surface area contributed by atoms with Gasteiger partial charge < -0.3 is 19.9 Å². The van der Waals surface area contributed by atoms with Crippen LogP contribution in [0.1, 0.15) is 25.6 Å². The summed E-state index contributed by atoms with van der Waals surface area (Å²) in [7, 11) is 1.71. The standard InChI is InChI=1S/C24H29N5O2/c1-3-8-23(30)25-17-22-26-19-10-5-4-9-18(19)24(27-22)29-15-13-28(14-16-29)20-11-6-7-12-21(20)31-2/h4-7,9-12H,3,8,13-17H2,1-2H3,(H,25,30). The number of nitrogens with zero attached hydrogens (tertiary/aromatic N) is 4. The first-order valence-electron chi connectivity index (χ1n) is 10.8. The zero-order chi connectivity index (χ0) is 21.6. The van der Waals surface area contributed by atoms with E-state index >= 15 is 0 Å². The fourth-order valence-electron chi connectivity index (χ4n) is 3.97. The van der Waals surface area contributed by atoms with E-state index in [2.05, 4.69) is 32.2 Å². The van der Waals surface area contributed by atoms with Crippen LogP contribution >= 0.6 is 0 Å². The van der Waals surface area contributed by atoms with Crippen LogP contribution in [-0.2, 0) is 11.3 Å². The SMILES string of the molecule is CCCC(=O)NCc1nc(N2CCN(c3ccccc3OC)CC2)c2ccccc2n1. The number of anilines is 2. The average molecular weight is 420 g/mol. The van der Waals surface area contributed by atoms with E-state index in [-0.39, 0.29) is 5.91 Å². The Bertz CT molecular complexity index is 1050. The first-order valence-corrected chi connectivity index (χ1v) is 10.8. The van der Waals surface area contributed by atoms with Gasteiger partial charge in [-0.3, -0.25) is 4.79 Å². The second-order valence-corrected chi connectivity index (χ2v) is 7.65. The van der Waals surface area contributed by atoms with Gasteiger partial charge in [0.05, 0.1) is 24.9 Å². The molecular formula is C24H29N5O2. The molecule has 0 bridgehead atoms. The molecule has 7 nitrogen and oxygen atoms in total. The summed E-state index contributed by atoms with van der Waals surface area (Å²) in [5, 5.41) is 3.97. The van der Waals surface area contributed by atoms with Gasteiger partial charge >= 0.3 is 0 Å². The second kappa shape index (κ2) is 9.64. The summed E-state index contributed by atoms with van der Waals surface area (Å²) in [6, 6.07) is 16.2. The van der Waals surface area contributed by atoms with E-state index in [0.717, 1.165) is 60.8 Å². The lowest BCUT2D eigenvalue weighted by Crippen LogP contribution is -2.47.